The molecular formula is C16H23N3O4S. The molecule has 0 aliphatic rings. The molecule has 1 N–H and O–H groups in total. The molecule has 0 unspecified atom stereocenters. The van der Waals surface area contributed by atoms with E-state index in [1.54, 1.807) is 0 Å². The number of nitrogens with zero attached hydrogens (tertiary/aromatic N) is 2. The molecule has 0 spiro atoms. The van der Waals surface area contributed by atoms with Gasteiger partial charge in [0.15, 0.2) is 5.76 Å². The maximum absolute atomic E-state index is 12.9. The summed E-state index contributed by atoms with van der Waals surface area (Å²) >= 11 is 0. The van der Waals surface area contributed by atoms with Gasteiger partial charge in [0.05, 0.1) is 0 Å². The maximum atomic E-state index is 12.9. The molecule has 24 heavy (non-hydrogen) atoms. The molecule has 0 aromatic carbocycles. The molecule has 0 bridgehead atoms. The lowest BCUT2D eigenvalue weighted by atomic mass is 10.2. The van der Waals surface area contributed by atoms with Gasteiger partial charge < -0.3 is 4.42 Å². The summed E-state index contributed by atoms with van der Waals surface area (Å²) in [6.07, 6.45) is 0. The fourth-order valence-electron chi connectivity index (χ4n) is 2.29. The minimum absolute atomic E-state index is 0.119. The summed E-state index contributed by atoms with van der Waals surface area (Å²) in [5.74, 6) is 0.696. The molecule has 0 aliphatic carbocycles. The Bertz CT molecular complexity index is 807. The third-order valence-electron chi connectivity index (χ3n) is 3.24. The van der Waals surface area contributed by atoms with Crippen LogP contribution in [0.25, 0.3) is 11.5 Å². The Labute approximate surface area is 141 Å². The lowest BCUT2D eigenvalue weighted by Gasteiger charge is -2.24. The van der Waals surface area contributed by atoms with Crippen molar-refractivity contribution in [2.45, 2.75) is 32.8 Å². The summed E-state index contributed by atoms with van der Waals surface area (Å²) in [6, 6.07) is 5.75. The Kier molecular flexibility index (Phi) is 5.61. The molecule has 0 saturated carbocycles. The lowest BCUT2D eigenvalue weighted by Crippen LogP contribution is -2.36. The van der Waals surface area contributed by atoms with Crippen LogP contribution >= 0.6 is 0 Å². The number of hydrogen-bond acceptors (Lipinski definition) is 5. The molecule has 0 amide bonds. The number of sulfonamides is 1. The summed E-state index contributed by atoms with van der Waals surface area (Å²) in [6.45, 7) is 8.74. The van der Waals surface area contributed by atoms with Gasteiger partial charge in [-0.25, -0.2) is 13.5 Å². The second-order valence-electron chi connectivity index (χ2n) is 6.53. The zero-order valence-corrected chi connectivity index (χ0v) is 15.1. The van der Waals surface area contributed by atoms with E-state index < -0.39 is 10.0 Å². The fraction of sp³-hybridized carbons (Fsp3) is 0.500. The lowest BCUT2D eigenvalue weighted by molar-refractivity contribution is 0.322. The minimum Gasteiger partial charge on any atom is -0.442 e. The van der Waals surface area contributed by atoms with E-state index >= 15 is 0 Å². The molecule has 2 aromatic heterocycles. The summed E-state index contributed by atoms with van der Waals surface area (Å²) in [4.78, 5) is 11.1. The summed E-state index contributed by atoms with van der Waals surface area (Å²) < 4.78 is 32.7. The Balaban J connectivity index is 2.34. The van der Waals surface area contributed by atoms with Gasteiger partial charge in [0.1, 0.15) is 5.69 Å². The average molecular weight is 353 g/mol. The number of rotatable bonds is 7. The van der Waals surface area contributed by atoms with Crippen molar-refractivity contribution in [1.82, 2.24) is 14.5 Å². The minimum atomic E-state index is -3.72. The molecule has 0 radical (unpaired) electrons. The van der Waals surface area contributed by atoms with Crippen molar-refractivity contribution >= 4 is 10.0 Å². The van der Waals surface area contributed by atoms with E-state index in [2.05, 4.69) is 10.2 Å². The highest BCUT2D eigenvalue weighted by Gasteiger charge is 2.29. The van der Waals surface area contributed by atoms with E-state index in [1.165, 1.54) is 28.6 Å². The molecule has 2 heterocycles. The molecule has 132 valence electrons. The van der Waals surface area contributed by atoms with Gasteiger partial charge >= 0.3 is 0 Å². The van der Waals surface area contributed by atoms with Gasteiger partial charge in [0, 0.05) is 19.2 Å². The zero-order chi connectivity index (χ0) is 17.9. The van der Waals surface area contributed by atoms with Crippen LogP contribution in [0.15, 0.2) is 38.6 Å². The molecule has 0 saturated heterocycles. The molecule has 7 nitrogen and oxygen atoms in total. The van der Waals surface area contributed by atoms with Crippen LogP contribution < -0.4 is 5.56 Å². The third-order valence-corrected chi connectivity index (χ3v) is 4.95. The van der Waals surface area contributed by atoms with Crippen LogP contribution in [0, 0.1) is 11.8 Å². The van der Waals surface area contributed by atoms with Crippen molar-refractivity contribution in [1.29, 1.82) is 0 Å². The summed E-state index contributed by atoms with van der Waals surface area (Å²) in [5.41, 5.74) is 0.0357. The predicted octanol–water partition coefficient (Wildman–Crippen LogP) is 2.33. The van der Waals surface area contributed by atoms with E-state index in [0.717, 1.165) is 0 Å². The van der Waals surface area contributed by atoms with E-state index in [9.17, 15) is 13.2 Å². The predicted molar refractivity (Wildman–Crippen MR) is 91.0 cm³/mol. The first-order chi connectivity index (χ1) is 11.2. The van der Waals surface area contributed by atoms with Crippen molar-refractivity contribution in [3.8, 4) is 11.5 Å². The van der Waals surface area contributed by atoms with E-state index in [-0.39, 0.29) is 22.5 Å². The molecule has 2 rings (SSSR count). The van der Waals surface area contributed by atoms with E-state index in [1.807, 2.05) is 27.7 Å². The summed E-state index contributed by atoms with van der Waals surface area (Å²) in [7, 11) is -3.72. The number of H-pyrrole nitrogens is 1. The maximum Gasteiger partial charge on any atom is 0.276 e. The summed E-state index contributed by atoms with van der Waals surface area (Å²) in [5, 5.41) is 6.02. The van der Waals surface area contributed by atoms with Crippen molar-refractivity contribution < 1.29 is 12.8 Å². The molecule has 0 atom stereocenters. The Morgan fingerprint density at radius 3 is 2.21 bits per heavy atom. The molecule has 0 aliphatic heterocycles. The van der Waals surface area contributed by atoms with Gasteiger partial charge in [0.25, 0.3) is 15.6 Å². The molecule has 8 heteroatoms. The normalized spacial score (nSPS) is 12.5. The van der Waals surface area contributed by atoms with Gasteiger partial charge in [-0.2, -0.15) is 9.40 Å². The van der Waals surface area contributed by atoms with Gasteiger partial charge in [-0.1, -0.05) is 27.7 Å². The van der Waals surface area contributed by atoms with Gasteiger partial charge in [-0.15, -0.1) is 0 Å². The van der Waals surface area contributed by atoms with Gasteiger partial charge in [-0.05, 0) is 30.0 Å². The number of aromatic amines is 1. The second-order valence-corrected chi connectivity index (χ2v) is 8.40. The first-order valence-corrected chi connectivity index (χ1v) is 9.30. The Morgan fingerprint density at radius 2 is 1.71 bits per heavy atom. The number of hydrogen-bond donors (Lipinski definition) is 1. The van der Waals surface area contributed by atoms with Crippen LogP contribution in [0.3, 0.4) is 0 Å². The van der Waals surface area contributed by atoms with Crippen molar-refractivity contribution in [2.75, 3.05) is 13.1 Å². The van der Waals surface area contributed by atoms with Gasteiger partial charge in [0.2, 0.25) is 5.09 Å². The highest BCUT2D eigenvalue weighted by Crippen LogP contribution is 2.25. The van der Waals surface area contributed by atoms with Crippen LogP contribution in [-0.2, 0) is 10.0 Å². The Hall–Kier alpha value is -1.93. The van der Waals surface area contributed by atoms with Crippen LogP contribution in [0.5, 0.6) is 0 Å². The quantitative estimate of drug-likeness (QED) is 0.824. The SMILES string of the molecule is CC(C)CN(CC(C)C)S(=O)(=O)c1ccc(-c2ccc(=O)[nH]n2)o1. The topological polar surface area (TPSA) is 96.3 Å². The van der Waals surface area contributed by atoms with Crippen molar-refractivity contribution in [3.63, 3.8) is 0 Å². The second kappa shape index (κ2) is 7.31. The van der Waals surface area contributed by atoms with Crippen molar-refractivity contribution in [3.05, 3.63) is 34.6 Å². The fourth-order valence-corrected chi connectivity index (χ4v) is 3.97. The highest BCUT2D eigenvalue weighted by atomic mass is 32.2. The van der Waals surface area contributed by atoms with Gasteiger partial charge in [-0.3, -0.25) is 4.79 Å². The van der Waals surface area contributed by atoms with Crippen LogP contribution in [0.4, 0.5) is 0 Å². The first kappa shape index (κ1) is 18.4. The monoisotopic (exact) mass is 353 g/mol. The standard InChI is InChI=1S/C16H23N3O4S/c1-11(2)9-19(10-12(3)4)24(21,22)16-8-6-14(23-16)13-5-7-15(20)18-17-13/h5-8,11-12H,9-10H2,1-4H3,(H,18,20). The number of nitrogens with one attached hydrogen (secondary N) is 1. The van der Waals surface area contributed by atoms with Crippen LogP contribution in [0.2, 0.25) is 0 Å². The smallest absolute Gasteiger partial charge is 0.276 e. The largest absolute Gasteiger partial charge is 0.442 e. The molecule has 0 fully saturated rings. The van der Waals surface area contributed by atoms with Crippen molar-refractivity contribution in [2.24, 2.45) is 11.8 Å². The Morgan fingerprint density at radius 1 is 1.08 bits per heavy atom. The molecular weight excluding hydrogens is 330 g/mol. The van der Waals surface area contributed by atoms with E-state index in [4.69, 9.17) is 4.42 Å². The van der Waals surface area contributed by atoms with Crippen LogP contribution in [0.1, 0.15) is 27.7 Å². The molecule has 2 aromatic rings. The number of aromatic nitrogens is 2. The zero-order valence-electron chi connectivity index (χ0n) is 14.3. The van der Waals surface area contributed by atoms with E-state index in [0.29, 0.717) is 24.5 Å². The highest BCUT2D eigenvalue weighted by molar-refractivity contribution is 7.89. The number of furan rings is 1. The van der Waals surface area contributed by atoms with Crippen LogP contribution in [-0.4, -0.2) is 36.0 Å². The first-order valence-electron chi connectivity index (χ1n) is 7.86. The third kappa shape index (κ3) is 4.33. The average Bonchev–Trinajstić information content (AvgIpc) is 2.97.